The van der Waals surface area contributed by atoms with Gasteiger partial charge in [-0.05, 0) is 37.8 Å². The normalized spacial score (nSPS) is 14.1. The van der Waals surface area contributed by atoms with Crippen LogP contribution in [0.4, 0.5) is 5.69 Å². The van der Waals surface area contributed by atoms with Crippen molar-refractivity contribution in [3.63, 3.8) is 0 Å². The number of anilines is 1. The van der Waals surface area contributed by atoms with Crippen molar-refractivity contribution in [1.29, 1.82) is 0 Å². The number of hydrogen-bond acceptors (Lipinski definition) is 3. The number of nitrogens with zero attached hydrogens (tertiary/aromatic N) is 2. The molecule has 0 saturated heterocycles. The van der Waals surface area contributed by atoms with Crippen LogP contribution < -0.4 is 5.32 Å². The van der Waals surface area contributed by atoms with Gasteiger partial charge >= 0.3 is 0 Å². The van der Waals surface area contributed by atoms with E-state index in [9.17, 15) is 4.79 Å². The Balaban J connectivity index is 1.99. The van der Waals surface area contributed by atoms with Gasteiger partial charge in [0, 0.05) is 19.1 Å². The smallest absolute Gasteiger partial charge is 0.272 e. The Labute approximate surface area is 121 Å². The van der Waals surface area contributed by atoms with Crippen molar-refractivity contribution < 1.29 is 4.79 Å². The standard InChI is InChI=1S/C16H25N3O/c1-3-5-11-19(14-7-8-14)16(20)15-9-6-13(12-18-15)17-10-4-2/h6,9,12,14,17H,3-5,7-8,10-11H2,1-2H3. The summed E-state index contributed by atoms with van der Waals surface area (Å²) in [6, 6.07) is 4.23. The van der Waals surface area contributed by atoms with Crippen molar-refractivity contribution in [3.05, 3.63) is 24.0 Å². The lowest BCUT2D eigenvalue weighted by Crippen LogP contribution is -2.34. The fourth-order valence-electron chi connectivity index (χ4n) is 2.21. The summed E-state index contributed by atoms with van der Waals surface area (Å²) in [5.41, 5.74) is 1.55. The predicted octanol–water partition coefficient (Wildman–Crippen LogP) is 3.31. The van der Waals surface area contributed by atoms with Crippen LogP contribution in [0, 0.1) is 0 Å². The summed E-state index contributed by atoms with van der Waals surface area (Å²) in [7, 11) is 0. The lowest BCUT2D eigenvalue weighted by Gasteiger charge is -2.21. The minimum Gasteiger partial charge on any atom is -0.384 e. The van der Waals surface area contributed by atoms with E-state index < -0.39 is 0 Å². The molecule has 0 radical (unpaired) electrons. The van der Waals surface area contributed by atoms with E-state index in [1.54, 1.807) is 6.20 Å². The Kier molecular flexibility index (Phi) is 5.39. The van der Waals surface area contributed by atoms with Gasteiger partial charge in [0.2, 0.25) is 0 Å². The molecule has 0 bridgehead atoms. The number of aromatic nitrogens is 1. The summed E-state index contributed by atoms with van der Waals surface area (Å²) in [4.78, 5) is 18.8. The highest BCUT2D eigenvalue weighted by Gasteiger charge is 2.32. The summed E-state index contributed by atoms with van der Waals surface area (Å²) in [5, 5.41) is 3.27. The minimum atomic E-state index is 0.0861. The second-order valence-corrected chi connectivity index (χ2v) is 5.44. The minimum absolute atomic E-state index is 0.0861. The molecule has 20 heavy (non-hydrogen) atoms. The van der Waals surface area contributed by atoms with Crippen molar-refractivity contribution in [2.24, 2.45) is 0 Å². The van der Waals surface area contributed by atoms with E-state index in [4.69, 9.17) is 0 Å². The van der Waals surface area contributed by atoms with Crippen LogP contribution in [0.1, 0.15) is 56.4 Å². The first kappa shape index (κ1) is 14.8. The molecule has 1 amide bonds. The van der Waals surface area contributed by atoms with Gasteiger partial charge in [0.25, 0.3) is 5.91 Å². The largest absolute Gasteiger partial charge is 0.384 e. The average molecular weight is 275 g/mol. The molecule has 2 rings (SSSR count). The number of nitrogens with one attached hydrogen (secondary N) is 1. The number of hydrogen-bond donors (Lipinski definition) is 1. The Morgan fingerprint density at radius 3 is 2.70 bits per heavy atom. The Hall–Kier alpha value is -1.58. The number of amides is 1. The molecule has 1 aliphatic carbocycles. The molecule has 4 nitrogen and oxygen atoms in total. The van der Waals surface area contributed by atoms with Crippen molar-refractivity contribution in [2.75, 3.05) is 18.4 Å². The first-order valence-electron chi connectivity index (χ1n) is 7.77. The zero-order chi connectivity index (χ0) is 14.4. The molecule has 1 aliphatic rings. The van der Waals surface area contributed by atoms with E-state index in [0.717, 1.165) is 50.9 Å². The van der Waals surface area contributed by atoms with Gasteiger partial charge in [-0.1, -0.05) is 20.3 Å². The third-order valence-electron chi connectivity index (χ3n) is 3.56. The highest BCUT2D eigenvalue weighted by Crippen LogP contribution is 2.28. The van der Waals surface area contributed by atoms with Gasteiger partial charge in [0.1, 0.15) is 5.69 Å². The third kappa shape index (κ3) is 3.95. The molecular formula is C16H25N3O. The van der Waals surface area contributed by atoms with Crippen molar-refractivity contribution in [3.8, 4) is 0 Å². The summed E-state index contributed by atoms with van der Waals surface area (Å²) < 4.78 is 0. The van der Waals surface area contributed by atoms with E-state index in [1.165, 1.54) is 0 Å². The molecule has 110 valence electrons. The van der Waals surface area contributed by atoms with E-state index in [-0.39, 0.29) is 5.91 Å². The highest BCUT2D eigenvalue weighted by molar-refractivity contribution is 5.92. The molecule has 1 aromatic heterocycles. The SMILES string of the molecule is CCCCN(C(=O)c1ccc(NCCC)cn1)C1CC1. The van der Waals surface area contributed by atoms with Crippen molar-refractivity contribution in [1.82, 2.24) is 9.88 Å². The third-order valence-corrected chi connectivity index (χ3v) is 3.56. The molecule has 1 saturated carbocycles. The van der Waals surface area contributed by atoms with Gasteiger partial charge in [-0.3, -0.25) is 4.79 Å². The van der Waals surface area contributed by atoms with Crippen LogP contribution in [-0.2, 0) is 0 Å². The number of pyridine rings is 1. The quantitative estimate of drug-likeness (QED) is 0.791. The van der Waals surface area contributed by atoms with Crippen LogP contribution in [0.2, 0.25) is 0 Å². The Bertz CT molecular complexity index is 426. The second-order valence-electron chi connectivity index (χ2n) is 5.44. The summed E-state index contributed by atoms with van der Waals surface area (Å²) in [6.07, 6.45) is 7.31. The van der Waals surface area contributed by atoms with Crippen LogP contribution in [0.15, 0.2) is 18.3 Å². The zero-order valence-corrected chi connectivity index (χ0v) is 12.6. The zero-order valence-electron chi connectivity index (χ0n) is 12.6. The van der Waals surface area contributed by atoms with Crippen LogP contribution >= 0.6 is 0 Å². The van der Waals surface area contributed by atoms with Gasteiger partial charge in [-0.25, -0.2) is 4.98 Å². The highest BCUT2D eigenvalue weighted by atomic mass is 16.2. The molecule has 0 spiro atoms. The second kappa shape index (κ2) is 7.27. The number of unbranched alkanes of at least 4 members (excludes halogenated alkanes) is 1. The fraction of sp³-hybridized carbons (Fsp3) is 0.625. The Morgan fingerprint density at radius 2 is 2.15 bits per heavy atom. The fourth-order valence-corrected chi connectivity index (χ4v) is 2.21. The van der Waals surface area contributed by atoms with Gasteiger partial charge in [-0.2, -0.15) is 0 Å². The van der Waals surface area contributed by atoms with Crippen LogP contribution in [-0.4, -0.2) is 34.9 Å². The molecule has 0 unspecified atom stereocenters. The van der Waals surface area contributed by atoms with Crippen molar-refractivity contribution >= 4 is 11.6 Å². The van der Waals surface area contributed by atoms with Gasteiger partial charge in [-0.15, -0.1) is 0 Å². The van der Waals surface area contributed by atoms with E-state index in [0.29, 0.717) is 11.7 Å². The van der Waals surface area contributed by atoms with Gasteiger partial charge in [0.15, 0.2) is 0 Å². The lowest BCUT2D eigenvalue weighted by molar-refractivity contribution is 0.0735. The van der Waals surface area contributed by atoms with Crippen LogP contribution in [0.5, 0.6) is 0 Å². The van der Waals surface area contributed by atoms with Crippen molar-refractivity contribution in [2.45, 2.75) is 52.0 Å². The molecule has 0 aliphatic heterocycles. The maximum absolute atomic E-state index is 12.5. The lowest BCUT2D eigenvalue weighted by atomic mass is 10.2. The van der Waals surface area contributed by atoms with Gasteiger partial charge in [0.05, 0.1) is 11.9 Å². The molecule has 0 atom stereocenters. The molecule has 1 fully saturated rings. The summed E-state index contributed by atoms with van der Waals surface area (Å²) in [6.45, 7) is 6.07. The summed E-state index contributed by atoms with van der Waals surface area (Å²) >= 11 is 0. The first-order valence-corrected chi connectivity index (χ1v) is 7.77. The van der Waals surface area contributed by atoms with E-state index in [1.807, 2.05) is 17.0 Å². The van der Waals surface area contributed by atoms with E-state index in [2.05, 4.69) is 24.1 Å². The van der Waals surface area contributed by atoms with Crippen LogP contribution in [0.25, 0.3) is 0 Å². The number of carbonyl (C=O) groups is 1. The first-order chi connectivity index (χ1) is 9.76. The molecule has 0 aromatic carbocycles. The molecular weight excluding hydrogens is 250 g/mol. The monoisotopic (exact) mass is 275 g/mol. The topological polar surface area (TPSA) is 45.2 Å². The summed E-state index contributed by atoms with van der Waals surface area (Å²) in [5.74, 6) is 0.0861. The van der Waals surface area contributed by atoms with E-state index >= 15 is 0 Å². The van der Waals surface area contributed by atoms with Crippen LogP contribution in [0.3, 0.4) is 0 Å². The molecule has 4 heteroatoms. The van der Waals surface area contributed by atoms with Gasteiger partial charge < -0.3 is 10.2 Å². The predicted molar refractivity (Wildman–Crippen MR) is 82.0 cm³/mol. The average Bonchev–Trinajstić information content (AvgIpc) is 3.30. The maximum atomic E-state index is 12.5. The molecule has 1 aromatic rings. The molecule has 1 N–H and O–H groups in total. The Morgan fingerprint density at radius 1 is 1.35 bits per heavy atom. The number of rotatable bonds is 8. The maximum Gasteiger partial charge on any atom is 0.272 e. The number of carbonyl (C=O) groups excluding carboxylic acids is 1. The molecule has 1 heterocycles.